The van der Waals surface area contributed by atoms with Gasteiger partial charge in [-0.15, -0.1) is 5.10 Å². The number of carboxylic acid groups (broad SMARTS) is 1. The van der Waals surface area contributed by atoms with E-state index in [0.29, 0.717) is 5.69 Å². The zero-order valence-corrected chi connectivity index (χ0v) is 10.9. The van der Waals surface area contributed by atoms with E-state index in [1.54, 1.807) is 4.68 Å². The number of unbranched alkanes of at least 4 members (excludes halogenated alkanes) is 1. The summed E-state index contributed by atoms with van der Waals surface area (Å²) in [5, 5.41) is 17.1. The molecule has 0 radical (unpaired) electrons. The Morgan fingerprint density at radius 1 is 1.32 bits per heavy atom. The van der Waals surface area contributed by atoms with Crippen LogP contribution in [-0.2, 0) is 17.8 Å². The molecule has 0 aliphatic carbocycles. The molecule has 5 heteroatoms. The van der Waals surface area contributed by atoms with Crippen molar-refractivity contribution in [2.24, 2.45) is 0 Å². The van der Waals surface area contributed by atoms with Crippen molar-refractivity contribution in [1.82, 2.24) is 15.0 Å². The molecule has 0 unspecified atom stereocenters. The van der Waals surface area contributed by atoms with E-state index < -0.39 is 5.97 Å². The van der Waals surface area contributed by atoms with Crippen LogP contribution in [0.25, 0.3) is 11.3 Å². The van der Waals surface area contributed by atoms with Crippen molar-refractivity contribution in [2.75, 3.05) is 0 Å². The van der Waals surface area contributed by atoms with Crippen LogP contribution in [0.4, 0.5) is 0 Å². The standard InChI is InChI=1S/C14H17N3O2/c1-2-3-9-17-14(11-7-5-4-6-8-11)12(15-16-17)10-13(18)19/h4-8H,2-3,9-10H2,1H3,(H,18,19). The second-order valence-electron chi connectivity index (χ2n) is 4.40. The highest BCUT2D eigenvalue weighted by Crippen LogP contribution is 2.22. The summed E-state index contributed by atoms with van der Waals surface area (Å²) in [6.07, 6.45) is 1.95. The Balaban J connectivity index is 2.40. The number of aryl methyl sites for hydroxylation is 1. The molecule has 0 saturated carbocycles. The third kappa shape index (κ3) is 3.19. The van der Waals surface area contributed by atoms with Gasteiger partial charge in [0.1, 0.15) is 5.69 Å². The average Bonchev–Trinajstić information content (AvgIpc) is 2.79. The van der Waals surface area contributed by atoms with Gasteiger partial charge in [-0.3, -0.25) is 4.79 Å². The minimum absolute atomic E-state index is 0.101. The Kier molecular flexibility index (Phi) is 4.28. The fourth-order valence-electron chi connectivity index (χ4n) is 1.99. The molecule has 0 spiro atoms. The third-order valence-electron chi connectivity index (χ3n) is 2.89. The smallest absolute Gasteiger partial charge is 0.309 e. The van der Waals surface area contributed by atoms with Crippen molar-refractivity contribution in [3.8, 4) is 11.3 Å². The van der Waals surface area contributed by atoms with Crippen LogP contribution < -0.4 is 0 Å². The number of carbonyl (C=O) groups is 1. The van der Waals surface area contributed by atoms with Crippen LogP contribution in [0.2, 0.25) is 0 Å². The molecular weight excluding hydrogens is 242 g/mol. The van der Waals surface area contributed by atoms with Gasteiger partial charge >= 0.3 is 5.97 Å². The molecule has 0 amide bonds. The molecule has 1 N–H and O–H groups in total. The van der Waals surface area contributed by atoms with Crippen molar-refractivity contribution in [2.45, 2.75) is 32.7 Å². The summed E-state index contributed by atoms with van der Waals surface area (Å²) in [6, 6.07) is 9.69. The van der Waals surface area contributed by atoms with Gasteiger partial charge in [0.25, 0.3) is 0 Å². The molecule has 0 saturated heterocycles. The molecular formula is C14H17N3O2. The first-order valence-corrected chi connectivity index (χ1v) is 6.42. The lowest BCUT2D eigenvalue weighted by Crippen LogP contribution is -2.05. The van der Waals surface area contributed by atoms with Gasteiger partial charge in [0.15, 0.2) is 0 Å². The summed E-state index contributed by atoms with van der Waals surface area (Å²) in [7, 11) is 0. The SMILES string of the molecule is CCCCn1nnc(CC(=O)O)c1-c1ccccc1. The highest BCUT2D eigenvalue weighted by atomic mass is 16.4. The van der Waals surface area contributed by atoms with Crippen LogP contribution in [0.3, 0.4) is 0 Å². The Hall–Kier alpha value is -2.17. The lowest BCUT2D eigenvalue weighted by molar-refractivity contribution is -0.136. The number of carboxylic acids is 1. The van der Waals surface area contributed by atoms with Gasteiger partial charge < -0.3 is 5.11 Å². The molecule has 2 rings (SSSR count). The lowest BCUT2D eigenvalue weighted by Gasteiger charge is -2.07. The molecule has 2 aromatic rings. The summed E-state index contributed by atoms with van der Waals surface area (Å²) in [5.74, 6) is -0.889. The second-order valence-corrected chi connectivity index (χ2v) is 4.40. The Morgan fingerprint density at radius 2 is 2.05 bits per heavy atom. The van der Waals surface area contributed by atoms with Crippen molar-refractivity contribution < 1.29 is 9.90 Å². The van der Waals surface area contributed by atoms with Gasteiger partial charge in [-0.2, -0.15) is 0 Å². The Morgan fingerprint density at radius 3 is 2.68 bits per heavy atom. The first-order chi connectivity index (χ1) is 9.22. The Labute approximate surface area is 111 Å². The number of aliphatic carboxylic acids is 1. The number of benzene rings is 1. The minimum atomic E-state index is -0.889. The summed E-state index contributed by atoms with van der Waals surface area (Å²) in [4.78, 5) is 10.9. The molecule has 1 aromatic heterocycles. The molecule has 0 aliphatic heterocycles. The van der Waals surface area contributed by atoms with Crippen LogP contribution >= 0.6 is 0 Å². The van der Waals surface area contributed by atoms with Crippen LogP contribution in [0.1, 0.15) is 25.5 Å². The maximum atomic E-state index is 10.9. The monoisotopic (exact) mass is 259 g/mol. The van der Waals surface area contributed by atoms with E-state index in [2.05, 4.69) is 17.2 Å². The number of nitrogens with zero attached hydrogens (tertiary/aromatic N) is 3. The zero-order chi connectivity index (χ0) is 13.7. The lowest BCUT2D eigenvalue weighted by atomic mass is 10.1. The van der Waals surface area contributed by atoms with E-state index in [1.165, 1.54) is 0 Å². The Bertz CT molecular complexity index is 549. The van der Waals surface area contributed by atoms with Crippen LogP contribution in [0.15, 0.2) is 30.3 Å². The van der Waals surface area contributed by atoms with Crippen LogP contribution in [-0.4, -0.2) is 26.1 Å². The summed E-state index contributed by atoms with van der Waals surface area (Å²) in [5.41, 5.74) is 2.30. The van der Waals surface area contributed by atoms with Gasteiger partial charge in [-0.1, -0.05) is 48.9 Å². The van der Waals surface area contributed by atoms with Crippen molar-refractivity contribution in [1.29, 1.82) is 0 Å². The molecule has 0 fully saturated rings. The molecule has 5 nitrogen and oxygen atoms in total. The van der Waals surface area contributed by atoms with Gasteiger partial charge in [0.2, 0.25) is 0 Å². The van der Waals surface area contributed by atoms with Crippen LogP contribution in [0, 0.1) is 0 Å². The molecule has 19 heavy (non-hydrogen) atoms. The number of hydrogen-bond donors (Lipinski definition) is 1. The highest BCUT2D eigenvalue weighted by molar-refractivity contribution is 5.73. The topological polar surface area (TPSA) is 68.0 Å². The molecule has 0 atom stereocenters. The largest absolute Gasteiger partial charge is 0.481 e. The molecule has 1 heterocycles. The average molecular weight is 259 g/mol. The maximum Gasteiger partial charge on any atom is 0.309 e. The first-order valence-electron chi connectivity index (χ1n) is 6.42. The van der Waals surface area contributed by atoms with Crippen molar-refractivity contribution in [3.63, 3.8) is 0 Å². The molecule has 100 valence electrons. The number of rotatable bonds is 6. The van der Waals surface area contributed by atoms with Gasteiger partial charge in [0.05, 0.1) is 12.1 Å². The number of hydrogen-bond acceptors (Lipinski definition) is 3. The van der Waals surface area contributed by atoms with Crippen molar-refractivity contribution in [3.05, 3.63) is 36.0 Å². The maximum absolute atomic E-state index is 10.9. The van der Waals surface area contributed by atoms with E-state index in [1.807, 2.05) is 30.3 Å². The fourth-order valence-corrected chi connectivity index (χ4v) is 1.99. The van der Waals surface area contributed by atoms with E-state index >= 15 is 0 Å². The predicted molar refractivity (Wildman–Crippen MR) is 71.7 cm³/mol. The summed E-state index contributed by atoms with van der Waals surface area (Å²) < 4.78 is 1.80. The molecule has 0 aliphatic rings. The van der Waals surface area contributed by atoms with E-state index in [9.17, 15) is 4.79 Å². The molecule has 1 aromatic carbocycles. The van der Waals surface area contributed by atoms with Crippen molar-refractivity contribution >= 4 is 5.97 Å². The second kappa shape index (κ2) is 6.13. The molecule has 0 bridgehead atoms. The normalized spacial score (nSPS) is 10.6. The fraction of sp³-hybridized carbons (Fsp3) is 0.357. The van der Waals surface area contributed by atoms with E-state index in [0.717, 1.165) is 30.6 Å². The third-order valence-corrected chi connectivity index (χ3v) is 2.89. The first kappa shape index (κ1) is 13.3. The van der Waals surface area contributed by atoms with E-state index in [-0.39, 0.29) is 6.42 Å². The quantitative estimate of drug-likeness (QED) is 0.864. The van der Waals surface area contributed by atoms with Gasteiger partial charge in [-0.05, 0) is 6.42 Å². The minimum Gasteiger partial charge on any atom is -0.481 e. The van der Waals surface area contributed by atoms with Gasteiger partial charge in [-0.25, -0.2) is 4.68 Å². The summed E-state index contributed by atoms with van der Waals surface area (Å²) in [6.45, 7) is 2.87. The zero-order valence-electron chi connectivity index (χ0n) is 10.9. The highest BCUT2D eigenvalue weighted by Gasteiger charge is 2.16. The summed E-state index contributed by atoms with van der Waals surface area (Å²) >= 11 is 0. The number of aromatic nitrogens is 3. The predicted octanol–water partition coefficient (Wildman–Crippen LogP) is 2.37. The van der Waals surface area contributed by atoms with Crippen LogP contribution in [0.5, 0.6) is 0 Å². The van der Waals surface area contributed by atoms with E-state index in [4.69, 9.17) is 5.11 Å². The van der Waals surface area contributed by atoms with Gasteiger partial charge in [0, 0.05) is 12.1 Å².